The average molecular weight is 277 g/mol. The largest absolute Gasteiger partial charge is 0.394 e. The van der Waals surface area contributed by atoms with Gasteiger partial charge in [0, 0.05) is 13.5 Å². The maximum atomic E-state index is 11.7. The van der Waals surface area contributed by atoms with E-state index in [-0.39, 0.29) is 18.1 Å². The SMILES string of the molecule is C#CC(CC(CO)OC)n1cnc2c(=O)[nH]c(N)nc21. The van der Waals surface area contributed by atoms with Crippen LogP contribution in [0.1, 0.15) is 12.5 Å². The van der Waals surface area contributed by atoms with E-state index < -0.39 is 17.7 Å². The normalized spacial score (nSPS) is 14.1. The summed E-state index contributed by atoms with van der Waals surface area (Å²) in [6.07, 6.45) is 6.89. The number of H-pyrrole nitrogens is 1. The maximum absolute atomic E-state index is 11.7. The molecule has 0 fully saturated rings. The Morgan fingerprint density at radius 1 is 1.70 bits per heavy atom. The highest BCUT2D eigenvalue weighted by atomic mass is 16.5. The molecule has 0 aliphatic rings. The van der Waals surface area contributed by atoms with E-state index in [9.17, 15) is 4.79 Å². The highest BCUT2D eigenvalue weighted by molar-refractivity contribution is 5.70. The summed E-state index contributed by atoms with van der Waals surface area (Å²) < 4.78 is 6.67. The molecule has 0 aromatic carbocycles. The predicted molar refractivity (Wildman–Crippen MR) is 72.9 cm³/mol. The third-order valence-electron chi connectivity index (χ3n) is 3.00. The van der Waals surface area contributed by atoms with Crippen LogP contribution in [0.4, 0.5) is 5.95 Å². The number of ether oxygens (including phenoxy) is 1. The van der Waals surface area contributed by atoms with Crippen molar-refractivity contribution < 1.29 is 9.84 Å². The minimum absolute atomic E-state index is 0.00882. The predicted octanol–water partition coefficient (Wildman–Crippen LogP) is -0.726. The van der Waals surface area contributed by atoms with Gasteiger partial charge in [0.2, 0.25) is 5.95 Å². The zero-order chi connectivity index (χ0) is 14.7. The molecular formula is C12H15N5O3. The van der Waals surface area contributed by atoms with Gasteiger partial charge in [0.1, 0.15) is 0 Å². The Kier molecular flexibility index (Phi) is 4.02. The lowest BCUT2D eigenvalue weighted by atomic mass is 10.1. The fourth-order valence-electron chi connectivity index (χ4n) is 1.93. The molecule has 8 heteroatoms. The van der Waals surface area contributed by atoms with Crippen LogP contribution in [-0.2, 0) is 4.74 Å². The Morgan fingerprint density at radius 3 is 3.05 bits per heavy atom. The maximum Gasteiger partial charge on any atom is 0.280 e. The molecule has 0 aliphatic heterocycles. The van der Waals surface area contributed by atoms with E-state index >= 15 is 0 Å². The van der Waals surface area contributed by atoms with Crippen molar-refractivity contribution in [2.45, 2.75) is 18.6 Å². The number of fused-ring (bicyclic) bond motifs is 1. The Bertz CT molecular complexity index is 695. The summed E-state index contributed by atoms with van der Waals surface area (Å²) in [6.45, 7) is -0.155. The van der Waals surface area contributed by atoms with Gasteiger partial charge in [-0.3, -0.25) is 9.78 Å². The Morgan fingerprint density at radius 2 is 2.45 bits per heavy atom. The van der Waals surface area contributed by atoms with Crippen molar-refractivity contribution in [3.8, 4) is 12.3 Å². The fourth-order valence-corrected chi connectivity index (χ4v) is 1.93. The van der Waals surface area contributed by atoms with Crippen LogP contribution in [0.2, 0.25) is 0 Å². The summed E-state index contributed by atoms with van der Waals surface area (Å²) in [5, 5.41) is 9.16. The summed E-state index contributed by atoms with van der Waals surface area (Å²) in [6, 6.07) is -0.453. The quantitative estimate of drug-likeness (QED) is 0.620. The van der Waals surface area contributed by atoms with Gasteiger partial charge in [0.15, 0.2) is 11.2 Å². The smallest absolute Gasteiger partial charge is 0.280 e. The Labute approximate surface area is 114 Å². The van der Waals surface area contributed by atoms with Gasteiger partial charge < -0.3 is 20.1 Å². The lowest BCUT2D eigenvalue weighted by Crippen LogP contribution is -2.22. The molecule has 2 unspecified atom stereocenters. The summed E-state index contributed by atoms with van der Waals surface area (Å²) in [5.74, 6) is 2.56. The van der Waals surface area contributed by atoms with E-state index in [0.29, 0.717) is 12.1 Å². The molecule has 2 aromatic heterocycles. The van der Waals surface area contributed by atoms with Crippen LogP contribution in [0.15, 0.2) is 11.1 Å². The Hall–Kier alpha value is -2.37. The molecule has 0 aliphatic carbocycles. The van der Waals surface area contributed by atoms with Crippen molar-refractivity contribution >= 4 is 17.1 Å². The minimum Gasteiger partial charge on any atom is -0.394 e. The van der Waals surface area contributed by atoms with Gasteiger partial charge >= 0.3 is 0 Å². The number of terminal acetylenes is 1. The number of imidazole rings is 1. The first-order chi connectivity index (χ1) is 9.60. The topological polar surface area (TPSA) is 119 Å². The van der Waals surface area contributed by atoms with Gasteiger partial charge in [-0.25, -0.2) is 4.98 Å². The third-order valence-corrected chi connectivity index (χ3v) is 3.00. The molecule has 2 atom stereocenters. The second-order valence-electron chi connectivity index (χ2n) is 4.23. The molecule has 0 saturated heterocycles. The number of nitrogen functional groups attached to an aromatic ring is 1. The molecule has 0 bridgehead atoms. The molecule has 4 N–H and O–H groups in total. The van der Waals surface area contributed by atoms with Gasteiger partial charge in [-0.1, -0.05) is 5.92 Å². The molecule has 0 amide bonds. The number of nitrogens with two attached hydrogens (primary N) is 1. The van der Waals surface area contributed by atoms with E-state index in [2.05, 4.69) is 20.9 Å². The molecule has 0 radical (unpaired) electrons. The zero-order valence-electron chi connectivity index (χ0n) is 10.9. The highest BCUT2D eigenvalue weighted by Crippen LogP contribution is 2.19. The van der Waals surface area contributed by atoms with Gasteiger partial charge in [-0.05, 0) is 0 Å². The highest BCUT2D eigenvalue weighted by Gasteiger charge is 2.19. The van der Waals surface area contributed by atoms with Crippen LogP contribution < -0.4 is 11.3 Å². The van der Waals surface area contributed by atoms with E-state index in [4.69, 9.17) is 22.0 Å². The second kappa shape index (κ2) is 5.73. The zero-order valence-corrected chi connectivity index (χ0v) is 10.9. The number of hydrogen-bond donors (Lipinski definition) is 3. The third kappa shape index (κ3) is 2.49. The molecular weight excluding hydrogens is 262 g/mol. The van der Waals surface area contributed by atoms with Gasteiger partial charge in [-0.2, -0.15) is 4.98 Å². The minimum atomic E-state index is -0.453. The van der Waals surface area contributed by atoms with Crippen LogP contribution >= 0.6 is 0 Å². The van der Waals surface area contributed by atoms with Crippen molar-refractivity contribution in [3.63, 3.8) is 0 Å². The first kappa shape index (κ1) is 14.0. The van der Waals surface area contributed by atoms with Crippen molar-refractivity contribution in [1.29, 1.82) is 0 Å². The lowest BCUT2D eigenvalue weighted by molar-refractivity contribution is 0.0377. The number of anilines is 1. The standard InChI is InChI=1S/C12H15N5O3/c1-3-7(4-8(5-18)20-2)17-6-14-9-10(17)15-12(13)16-11(9)19/h1,6-8,18H,4-5H2,2H3,(H3,13,15,16,19). The number of methoxy groups -OCH3 is 1. The van der Waals surface area contributed by atoms with Crippen LogP contribution in [0, 0.1) is 12.3 Å². The molecule has 106 valence electrons. The van der Waals surface area contributed by atoms with E-state index in [1.54, 1.807) is 4.57 Å². The van der Waals surface area contributed by atoms with Gasteiger partial charge in [0.05, 0.1) is 25.1 Å². The molecule has 0 spiro atoms. The summed E-state index contributed by atoms with van der Waals surface area (Å²) >= 11 is 0. The molecule has 2 rings (SSSR count). The van der Waals surface area contributed by atoms with Crippen molar-refractivity contribution in [2.24, 2.45) is 0 Å². The number of aromatic nitrogens is 4. The summed E-state index contributed by atoms with van der Waals surface area (Å²) in [4.78, 5) is 22.1. The van der Waals surface area contributed by atoms with Crippen LogP contribution in [0.3, 0.4) is 0 Å². The number of nitrogens with one attached hydrogen (secondary N) is 1. The van der Waals surface area contributed by atoms with Crippen molar-refractivity contribution in [3.05, 3.63) is 16.7 Å². The second-order valence-corrected chi connectivity index (χ2v) is 4.23. The van der Waals surface area contributed by atoms with Crippen molar-refractivity contribution in [1.82, 2.24) is 19.5 Å². The number of aliphatic hydroxyl groups excluding tert-OH is 1. The number of hydrogen-bond acceptors (Lipinski definition) is 6. The number of nitrogens with zero attached hydrogens (tertiary/aromatic N) is 3. The number of aliphatic hydroxyl groups is 1. The van der Waals surface area contributed by atoms with E-state index in [0.717, 1.165) is 0 Å². The molecule has 8 nitrogen and oxygen atoms in total. The van der Waals surface area contributed by atoms with Crippen molar-refractivity contribution in [2.75, 3.05) is 19.5 Å². The van der Waals surface area contributed by atoms with Gasteiger partial charge in [-0.15, -0.1) is 6.42 Å². The monoisotopic (exact) mass is 277 g/mol. The molecule has 2 aromatic rings. The summed E-state index contributed by atoms with van der Waals surface area (Å²) in [5.41, 5.74) is 5.57. The first-order valence-electron chi connectivity index (χ1n) is 5.92. The molecule has 20 heavy (non-hydrogen) atoms. The van der Waals surface area contributed by atoms with Crippen LogP contribution in [0.5, 0.6) is 0 Å². The van der Waals surface area contributed by atoms with Crippen LogP contribution in [-0.4, -0.2) is 44.4 Å². The number of rotatable bonds is 5. The van der Waals surface area contributed by atoms with E-state index in [1.165, 1.54) is 13.4 Å². The molecule has 0 saturated carbocycles. The van der Waals surface area contributed by atoms with Crippen LogP contribution in [0.25, 0.3) is 11.2 Å². The number of aromatic amines is 1. The summed E-state index contributed by atoms with van der Waals surface area (Å²) in [7, 11) is 1.49. The lowest BCUT2D eigenvalue weighted by Gasteiger charge is -2.18. The Balaban J connectivity index is 2.46. The molecule has 2 heterocycles. The van der Waals surface area contributed by atoms with Gasteiger partial charge in [0.25, 0.3) is 5.56 Å². The fraction of sp³-hybridized carbons (Fsp3) is 0.417. The average Bonchev–Trinajstić information content (AvgIpc) is 2.84. The van der Waals surface area contributed by atoms with E-state index in [1.807, 2.05) is 0 Å². The first-order valence-corrected chi connectivity index (χ1v) is 5.92.